The van der Waals surface area contributed by atoms with Crippen LogP contribution in [-0.4, -0.2) is 46.9 Å². The van der Waals surface area contributed by atoms with Crippen LogP contribution in [0.1, 0.15) is 30.7 Å². The van der Waals surface area contributed by atoms with Gasteiger partial charge in [0.05, 0.1) is 6.26 Å². The Morgan fingerprint density at radius 3 is 2.74 bits per heavy atom. The van der Waals surface area contributed by atoms with Crippen molar-refractivity contribution in [3.05, 3.63) is 54.2 Å². The summed E-state index contributed by atoms with van der Waals surface area (Å²) in [6.45, 7) is 5.60. The molecule has 1 aliphatic heterocycles. The average Bonchev–Trinajstić information content (AvgIpc) is 3.13. The highest BCUT2D eigenvalue weighted by Gasteiger charge is 2.24. The zero-order valence-electron chi connectivity index (χ0n) is 13.5. The van der Waals surface area contributed by atoms with Crippen LogP contribution in [0.15, 0.2) is 47.3 Å². The highest BCUT2D eigenvalue weighted by molar-refractivity contribution is 5.76. The lowest BCUT2D eigenvalue weighted by atomic mass is 10.1. The predicted octanol–water partition coefficient (Wildman–Crippen LogP) is 2.51. The van der Waals surface area contributed by atoms with Crippen LogP contribution in [0.25, 0.3) is 0 Å². The molecule has 0 aromatic carbocycles. The normalized spacial score (nSPS) is 17.2. The lowest BCUT2D eigenvalue weighted by Crippen LogP contribution is -2.49. The van der Waals surface area contributed by atoms with Crippen molar-refractivity contribution in [3.8, 4) is 0 Å². The molecule has 0 bridgehead atoms. The predicted molar refractivity (Wildman–Crippen MR) is 87.8 cm³/mol. The second kappa shape index (κ2) is 7.42. The summed E-state index contributed by atoms with van der Waals surface area (Å²) in [4.78, 5) is 20.9. The van der Waals surface area contributed by atoms with Gasteiger partial charge >= 0.3 is 0 Å². The van der Waals surface area contributed by atoms with Crippen LogP contribution < -0.4 is 0 Å². The number of pyridine rings is 1. The van der Waals surface area contributed by atoms with Crippen molar-refractivity contribution in [1.29, 1.82) is 0 Å². The number of rotatable bonds is 5. The van der Waals surface area contributed by atoms with E-state index in [2.05, 4.69) is 22.9 Å². The van der Waals surface area contributed by atoms with E-state index in [-0.39, 0.29) is 5.91 Å². The monoisotopic (exact) mass is 313 g/mol. The molecule has 0 radical (unpaired) electrons. The molecule has 1 amide bonds. The Morgan fingerprint density at radius 2 is 2.09 bits per heavy atom. The Balaban J connectivity index is 1.47. The second-order valence-electron chi connectivity index (χ2n) is 5.96. The molecule has 0 saturated carbocycles. The van der Waals surface area contributed by atoms with Gasteiger partial charge < -0.3 is 9.32 Å². The van der Waals surface area contributed by atoms with Gasteiger partial charge in [-0.15, -0.1) is 0 Å². The van der Waals surface area contributed by atoms with Crippen molar-refractivity contribution >= 4 is 5.91 Å². The molecule has 2 aromatic rings. The van der Waals surface area contributed by atoms with E-state index in [0.717, 1.165) is 31.9 Å². The molecule has 3 rings (SSSR count). The summed E-state index contributed by atoms with van der Waals surface area (Å²) < 4.78 is 5.28. The van der Waals surface area contributed by atoms with Gasteiger partial charge in [0.2, 0.25) is 5.91 Å². The number of aryl methyl sites for hydroxylation is 1. The number of hydrogen-bond acceptors (Lipinski definition) is 4. The Morgan fingerprint density at radius 1 is 1.26 bits per heavy atom. The maximum Gasteiger partial charge on any atom is 0.223 e. The molecule has 5 nitrogen and oxygen atoms in total. The minimum atomic E-state index is 0.218. The number of hydrogen-bond donors (Lipinski definition) is 0. The number of carbonyl (C=O) groups excluding carboxylic acids is 1. The molecule has 0 aliphatic carbocycles. The topological polar surface area (TPSA) is 49.6 Å². The molecule has 0 spiro atoms. The third-order valence-corrected chi connectivity index (χ3v) is 4.55. The van der Waals surface area contributed by atoms with Gasteiger partial charge in [-0.25, -0.2) is 0 Å². The van der Waals surface area contributed by atoms with Crippen LogP contribution >= 0.6 is 0 Å². The number of aromatic nitrogens is 1. The highest BCUT2D eigenvalue weighted by atomic mass is 16.3. The molecule has 1 saturated heterocycles. The summed E-state index contributed by atoms with van der Waals surface area (Å²) in [7, 11) is 0. The average molecular weight is 313 g/mol. The summed E-state index contributed by atoms with van der Waals surface area (Å²) in [5, 5.41) is 0. The van der Waals surface area contributed by atoms with Gasteiger partial charge in [0.15, 0.2) is 0 Å². The van der Waals surface area contributed by atoms with Gasteiger partial charge in [-0.05, 0) is 30.7 Å². The molecular weight excluding hydrogens is 290 g/mol. The summed E-state index contributed by atoms with van der Waals surface area (Å²) >= 11 is 0. The van der Waals surface area contributed by atoms with E-state index >= 15 is 0 Å². The van der Waals surface area contributed by atoms with Crippen LogP contribution in [0.3, 0.4) is 0 Å². The van der Waals surface area contributed by atoms with Crippen LogP contribution in [0, 0.1) is 0 Å². The zero-order valence-corrected chi connectivity index (χ0v) is 13.5. The Labute approximate surface area is 136 Å². The fourth-order valence-corrected chi connectivity index (χ4v) is 3.04. The Bertz CT molecular complexity index is 604. The van der Waals surface area contributed by atoms with Crippen LogP contribution in [0.4, 0.5) is 0 Å². The van der Waals surface area contributed by atoms with Crippen LogP contribution in [0.5, 0.6) is 0 Å². The SMILES string of the molecule is C[C@H](c1cccnc1)N1CCN(C(=O)CCc2ccco2)CC1. The number of piperazine rings is 1. The van der Waals surface area contributed by atoms with Gasteiger partial charge in [-0.1, -0.05) is 6.07 Å². The molecule has 2 aromatic heterocycles. The molecule has 3 heterocycles. The molecule has 0 unspecified atom stereocenters. The first-order valence-corrected chi connectivity index (χ1v) is 8.18. The van der Waals surface area contributed by atoms with Gasteiger partial charge in [0.25, 0.3) is 0 Å². The first kappa shape index (κ1) is 15.7. The number of carbonyl (C=O) groups is 1. The van der Waals surface area contributed by atoms with Crippen molar-refractivity contribution in [2.45, 2.75) is 25.8 Å². The molecule has 5 heteroatoms. The van der Waals surface area contributed by atoms with Gasteiger partial charge in [-0.2, -0.15) is 0 Å². The lowest BCUT2D eigenvalue weighted by molar-refractivity contribution is -0.133. The van der Waals surface area contributed by atoms with Gasteiger partial charge in [-0.3, -0.25) is 14.7 Å². The molecule has 1 aliphatic rings. The summed E-state index contributed by atoms with van der Waals surface area (Å²) in [5.41, 5.74) is 1.23. The summed E-state index contributed by atoms with van der Waals surface area (Å²) in [6, 6.07) is 8.20. The minimum Gasteiger partial charge on any atom is -0.469 e. The molecule has 23 heavy (non-hydrogen) atoms. The van der Waals surface area contributed by atoms with E-state index in [0.29, 0.717) is 18.9 Å². The Kier molecular flexibility index (Phi) is 5.08. The van der Waals surface area contributed by atoms with E-state index in [1.807, 2.05) is 29.3 Å². The van der Waals surface area contributed by atoms with E-state index in [1.165, 1.54) is 5.56 Å². The van der Waals surface area contributed by atoms with Crippen LogP contribution in [-0.2, 0) is 11.2 Å². The smallest absolute Gasteiger partial charge is 0.223 e. The summed E-state index contributed by atoms with van der Waals surface area (Å²) in [5.74, 6) is 1.09. The number of nitrogens with zero attached hydrogens (tertiary/aromatic N) is 3. The van der Waals surface area contributed by atoms with Crippen molar-refractivity contribution in [2.24, 2.45) is 0 Å². The standard InChI is InChI=1S/C18H23N3O2/c1-15(16-4-2-8-19-14-16)20-9-11-21(12-10-20)18(22)7-6-17-5-3-13-23-17/h2-5,8,13-15H,6-7,9-12H2,1H3/t15-/m1/s1. The molecule has 0 N–H and O–H groups in total. The third kappa shape index (κ3) is 3.99. The summed E-state index contributed by atoms with van der Waals surface area (Å²) in [6.07, 6.45) is 6.57. The minimum absolute atomic E-state index is 0.218. The molecule has 122 valence electrons. The lowest BCUT2D eigenvalue weighted by Gasteiger charge is -2.38. The van der Waals surface area contributed by atoms with E-state index in [1.54, 1.807) is 12.5 Å². The maximum absolute atomic E-state index is 12.3. The second-order valence-corrected chi connectivity index (χ2v) is 5.96. The zero-order chi connectivity index (χ0) is 16.1. The van der Waals surface area contributed by atoms with Crippen LogP contribution in [0.2, 0.25) is 0 Å². The largest absolute Gasteiger partial charge is 0.469 e. The molecular formula is C18H23N3O2. The highest BCUT2D eigenvalue weighted by Crippen LogP contribution is 2.21. The third-order valence-electron chi connectivity index (χ3n) is 4.55. The van der Waals surface area contributed by atoms with E-state index < -0.39 is 0 Å². The quantitative estimate of drug-likeness (QED) is 0.851. The van der Waals surface area contributed by atoms with Crippen molar-refractivity contribution < 1.29 is 9.21 Å². The molecule has 1 fully saturated rings. The fourth-order valence-electron chi connectivity index (χ4n) is 3.04. The van der Waals surface area contributed by atoms with Crippen molar-refractivity contribution in [2.75, 3.05) is 26.2 Å². The van der Waals surface area contributed by atoms with Crippen molar-refractivity contribution in [1.82, 2.24) is 14.8 Å². The van der Waals surface area contributed by atoms with E-state index in [9.17, 15) is 4.79 Å². The first-order valence-electron chi connectivity index (χ1n) is 8.18. The Hall–Kier alpha value is -2.14. The van der Waals surface area contributed by atoms with E-state index in [4.69, 9.17) is 4.42 Å². The molecule has 1 atom stereocenters. The maximum atomic E-state index is 12.3. The first-order chi connectivity index (χ1) is 11.2. The fraction of sp³-hybridized carbons (Fsp3) is 0.444. The van der Waals surface area contributed by atoms with Gasteiger partial charge in [0, 0.05) is 57.5 Å². The van der Waals surface area contributed by atoms with Gasteiger partial charge in [0.1, 0.15) is 5.76 Å². The number of amides is 1. The number of furan rings is 1. The van der Waals surface area contributed by atoms with Crippen molar-refractivity contribution in [3.63, 3.8) is 0 Å².